The zero-order chi connectivity index (χ0) is 12.3. The smallest absolute Gasteiger partial charge is 0.231 e. The molecule has 5 heteroatoms. The van der Waals surface area contributed by atoms with Gasteiger partial charge in [-0.05, 0) is 24.6 Å². The van der Waals surface area contributed by atoms with E-state index >= 15 is 0 Å². The third-order valence-electron chi connectivity index (χ3n) is 2.60. The Morgan fingerprint density at radius 1 is 1.47 bits per heavy atom. The number of rotatable bonds is 5. The standard InChI is InChI=1S/C12H16N2O3/c1-8(4-12(13)15)14-6-9-2-3-10-11(5-9)17-7-16-10/h2-3,5,8,14H,4,6-7H2,1H3,(H2,13,15). The van der Waals surface area contributed by atoms with Gasteiger partial charge in [-0.15, -0.1) is 0 Å². The fraction of sp³-hybridized carbons (Fsp3) is 0.417. The molecule has 0 aliphatic carbocycles. The highest BCUT2D eigenvalue weighted by Gasteiger charge is 2.13. The van der Waals surface area contributed by atoms with Crippen molar-refractivity contribution in [1.82, 2.24) is 5.32 Å². The topological polar surface area (TPSA) is 73.6 Å². The van der Waals surface area contributed by atoms with Crippen LogP contribution in [0, 0.1) is 0 Å². The molecule has 1 atom stereocenters. The molecule has 0 radical (unpaired) electrons. The molecule has 1 aliphatic rings. The Bertz CT molecular complexity index is 420. The van der Waals surface area contributed by atoms with Crippen molar-refractivity contribution < 1.29 is 14.3 Å². The van der Waals surface area contributed by atoms with Crippen molar-refractivity contribution >= 4 is 5.91 Å². The minimum atomic E-state index is -0.296. The van der Waals surface area contributed by atoms with Crippen LogP contribution in [0.5, 0.6) is 11.5 Å². The molecule has 1 unspecified atom stereocenters. The summed E-state index contributed by atoms with van der Waals surface area (Å²) in [6, 6.07) is 5.86. The van der Waals surface area contributed by atoms with E-state index < -0.39 is 0 Å². The number of carbonyl (C=O) groups is 1. The summed E-state index contributed by atoms with van der Waals surface area (Å²) in [5.74, 6) is 1.25. The van der Waals surface area contributed by atoms with Crippen LogP contribution in [0.2, 0.25) is 0 Å². The molecule has 0 bridgehead atoms. The Morgan fingerprint density at radius 3 is 3.00 bits per heavy atom. The number of benzene rings is 1. The third-order valence-corrected chi connectivity index (χ3v) is 2.60. The van der Waals surface area contributed by atoms with Gasteiger partial charge >= 0.3 is 0 Å². The zero-order valence-electron chi connectivity index (χ0n) is 9.73. The minimum absolute atomic E-state index is 0.0675. The summed E-state index contributed by atoms with van der Waals surface area (Å²) in [6.45, 7) is 2.88. The number of ether oxygens (including phenoxy) is 2. The van der Waals surface area contributed by atoms with E-state index in [1.807, 2.05) is 25.1 Å². The number of nitrogens with two attached hydrogens (primary N) is 1. The van der Waals surface area contributed by atoms with Crippen molar-refractivity contribution in [2.45, 2.75) is 25.9 Å². The molecule has 0 spiro atoms. The largest absolute Gasteiger partial charge is 0.454 e. The fourth-order valence-corrected chi connectivity index (χ4v) is 1.72. The predicted octanol–water partition coefficient (Wildman–Crippen LogP) is 0.769. The second-order valence-corrected chi connectivity index (χ2v) is 4.14. The van der Waals surface area contributed by atoms with Crippen LogP contribution in [0.25, 0.3) is 0 Å². The molecule has 1 amide bonds. The van der Waals surface area contributed by atoms with Gasteiger partial charge in [-0.25, -0.2) is 0 Å². The monoisotopic (exact) mass is 236 g/mol. The molecule has 2 rings (SSSR count). The number of amides is 1. The zero-order valence-corrected chi connectivity index (χ0v) is 9.73. The fourth-order valence-electron chi connectivity index (χ4n) is 1.72. The van der Waals surface area contributed by atoms with Crippen molar-refractivity contribution in [3.63, 3.8) is 0 Å². The van der Waals surface area contributed by atoms with E-state index in [1.165, 1.54) is 0 Å². The van der Waals surface area contributed by atoms with E-state index in [4.69, 9.17) is 15.2 Å². The first kappa shape index (κ1) is 11.7. The molecule has 5 nitrogen and oxygen atoms in total. The van der Waals surface area contributed by atoms with Crippen LogP contribution in [0.1, 0.15) is 18.9 Å². The summed E-state index contributed by atoms with van der Waals surface area (Å²) < 4.78 is 10.5. The van der Waals surface area contributed by atoms with Crippen molar-refractivity contribution in [1.29, 1.82) is 0 Å². The number of nitrogens with one attached hydrogen (secondary N) is 1. The maximum atomic E-state index is 10.7. The lowest BCUT2D eigenvalue weighted by atomic mass is 10.1. The average Bonchev–Trinajstić information content (AvgIpc) is 2.72. The highest BCUT2D eigenvalue weighted by molar-refractivity contribution is 5.74. The van der Waals surface area contributed by atoms with E-state index in [9.17, 15) is 4.79 Å². The Balaban J connectivity index is 1.89. The average molecular weight is 236 g/mol. The lowest BCUT2D eigenvalue weighted by Gasteiger charge is -2.12. The predicted molar refractivity (Wildman–Crippen MR) is 62.7 cm³/mol. The summed E-state index contributed by atoms with van der Waals surface area (Å²) >= 11 is 0. The third kappa shape index (κ3) is 3.10. The first-order chi connectivity index (χ1) is 8.15. The molecule has 0 saturated heterocycles. The summed E-state index contributed by atoms with van der Waals surface area (Å²) in [7, 11) is 0. The summed E-state index contributed by atoms with van der Waals surface area (Å²) in [5.41, 5.74) is 6.21. The van der Waals surface area contributed by atoms with E-state index in [2.05, 4.69) is 5.32 Å². The number of hydrogen-bond acceptors (Lipinski definition) is 4. The Kier molecular flexibility index (Phi) is 3.49. The van der Waals surface area contributed by atoms with Crippen LogP contribution in [0.3, 0.4) is 0 Å². The normalized spacial score (nSPS) is 14.6. The van der Waals surface area contributed by atoms with Gasteiger partial charge in [-0.3, -0.25) is 4.79 Å². The van der Waals surface area contributed by atoms with Crippen LogP contribution in [-0.2, 0) is 11.3 Å². The number of hydrogen-bond donors (Lipinski definition) is 2. The van der Waals surface area contributed by atoms with Crippen molar-refractivity contribution in [2.75, 3.05) is 6.79 Å². The molecule has 17 heavy (non-hydrogen) atoms. The second kappa shape index (κ2) is 5.05. The summed E-state index contributed by atoms with van der Waals surface area (Å²) in [6.07, 6.45) is 0.338. The van der Waals surface area contributed by atoms with Gasteiger partial charge in [-0.1, -0.05) is 6.07 Å². The van der Waals surface area contributed by atoms with E-state index in [-0.39, 0.29) is 18.7 Å². The molecule has 3 N–H and O–H groups in total. The second-order valence-electron chi connectivity index (χ2n) is 4.14. The van der Waals surface area contributed by atoms with Gasteiger partial charge in [0.1, 0.15) is 0 Å². The van der Waals surface area contributed by atoms with Crippen molar-refractivity contribution in [3.8, 4) is 11.5 Å². The van der Waals surface area contributed by atoms with E-state index in [0.29, 0.717) is 13.0 Å². The highest BCUT2D eigenvalue weighted by atomic mass is 16.7. The molecule has 0 aromatic heterocycles. The first-order valence-corrected chi connectivity index (χ1v) is 5.55. The molecule has 92 valence electrons. The van der Waals surface area contributed by atoms with E-state index in [0.717, 1.165) is 17.1 Å². The maximum Gasteiger partial charge on any atom is 0.231 e. The molecule has 1 aromatic rings. The van der Waals surface area contributed by atoms with Gasteiger partial charge in [-0.2, -0.15) is 0 Å². The van der Waals surface area contributed by atoms with Gasteiger partial charge in [0.15, 0.2) is 11.5 Å². The Labute approximate surface area is 99.9 Å². The van der Waals surface area contributed by atoms with Crippen molar-refractivity contribution in [2.24, 2.45) is 5.73 Å². The van der Waals surface area contributed by atoms with Crippen LogP contribution in [0.4, 0.5) is 0 Å². The molecule has 0 saturated carbocycles. The van der Waals surface area contributed by atoms with Crippen LogP contribution in [0.15, 0.2) is 18.2 Å². The summed E-state index contributed by atoms with van der Waals surface area (Å²) in [5, 5.41) is 3.22. The van der Waals surface area contributed by atoms with E-state index in [1.54, 1.807) is 0 Å². The molecular weight excluding hydrogens is 220 g/mol. The van der Waals surface area contributed by atoms with Crippen LogP contribution in [-0.4, -0.2) is 18.7 Å². The molecule has 1 heterocycles. The van der Waals surface area contributed by atoms with Gasteiger partial charge in [0.05, 0.1) is 0 Å². The Morgan fingerprint density at radius 2 is 2.24 bits per heavy atom. The maximum absolute atomic E-state index is 10.7. The lowest BCUT2D eigenvalue weighted by Crippen LogP contribution is -2.30. The first-order valence-electron chi connectivity index (χ1n) is 5.55. The SMILES string of the molecule is CC(CC(N)=O)NCc1ccc2c(c1)OCO2. The van der Waals surface area contributed by atoms with Crippen LogP contribution < -0.4 is 20.5 Å². The highest BCUT2D eigenvalue weighted by Crippen LogP contribution is 2.32. The number of primary amides is 1. The quantitative estimate of drug-likeness (QED) is 0.792. The molecule has 1 aromatic carbocycles. The number of carbonyl (C=O) groups excluding carboxylic acids is 1. The van der Waals surface area contributed by atoms with Gasteiger partial charge in [0.25, 0.3) is 0 Å². The van der Waals surface area contributed by atoms with Crippen LogP contribution >= 0.6 is 0 Å². The van der Waals surface area contributed by atoms with Gasteiger partial charge < -0.3 is 20.5 Å². The lowest BCUT2D eigenvalue weighted by molar-refractivity contribution is -0.118. The number of fused-ring (bicyclic) bond motifs is 1. The van der Waals surface area contributed by atoms with Gasteiger partial charge in [0.2, 0.25) is 12.7 Å². The molecular formula is C12H16N2O3. The molecule has 0 fully saturated rings. The molecule has 1 aliphatic heterocycles. The van der Waals surface area contributed by atoms with Crippen molar-refractivity contribution in [3.05, 3.63) is 23.8 Å². The van der Waals surface area contributed by atoms with Gasteiger partial charge in [0, 0.05) is 19.0 Å². The Hall–Kier alpha value is -1.75. The minimum Gasteiger partial charge on any atom is -0.454 e. The summed E-state index contributed by atoms with van der Waals surface area (Å²) in [4.78, 5) is 10.7.